The summed E-state index contributed by atoms with van der Waals surface area (Å²) in [5.41, 5.74) is 2.04. The van der Waals surface area contributed by atoms with Crippen molar-refractivity contribution in [2.45, 2.75) is 58.5 Å². The van der Waals surface area contributed by atoms with Crippen molar-refractivity contribution in [3.05, 3.63) is 35.1 Å². The second-order valence-electron chi connectivity index (χ2n) is 6.01. The van der Waals surface area contributed by atoms with E-state index in [1.165, 1.54) is 25.3 Å². The molecular formula is C16H23FO. The third kappa shape index (κ3) is 2.92. The Morgan fingerprint density at radius 2 is 1.94 bits per heavy atom. The normalized spacial score (nSPS) is 20.7. The van der Waals surface area contributed by atoms with Gasteiger partial charge in [-0.1, -0.05) is 32.3 Å². The van der Waals surface area contributed by atoms with Crippen LogP contribution in [0.2, 0.25) is 0 Å². The van der Waals surface area contributed by atoms with E-state index in [1.54, 1.807) is 12.1 Å². The van der Waals surface area contributed by atoms with Crippen LogP contribution in [0.4, 0.5) is 4.39 Å². The van der Waals surface area contributed by atoms with Crippen LogP contribution in [-0.4, -0.2) is 11.2 Å². The summed E-state index contributed by atoms with van der Waals surface area (Å²) >= 11 is 0. The molecule has 0 aromatic heterocycles. The highest BCUT2D eigenvalue weighted by atomic mass is 19.1. The van der Waals surface area contributed by atoms with E-state index in [9.17, 15) is 9.50 Å². The van der Waals surface area contributed by atoms with Gasteiger partial charge in [0, 0.05) is 0 Å². The van der Waals surface area contributed by atoms with Crippen LogP contribution in [0.3, 0.4) is 0 Å². The zero-order valence-electron chi connectivity index (χ0n) is 11.4. The van der Waals surface area contributed by atoms with Crippen molar-refractivity contribution in [2.75, 3.05) is 0 Å². The van der Waals surface area contributed by atoms with E-state index >= 15 is 0 Å². The predicted molar refractivity (Wildman–Crippen MR) is 72.0 cm³/mol. The molecule has 1 unspecified atom stereocenters. The molecule has 100 valence electrons. The van der Waals surface area contributed by atoms with Crippen LogP contribution in [0.25, 0.3) is 0 Å². The highest BCUT2D eigenvalue weighted by molar-refractivity contribution is 5.27. The van der Waals surface area contributed by atoms with E-state index in [4.69, 9.17) is 0 Å². The van der Waals surface area contributed by atoms with Crippen LogP contribution in [-0.2, 0) is 6.42 Å². The summed E-state index contributed by atoms with van der Waals surface area (Å²) in [6.45, 7) is 4.10. The predicted octanol–water partition coefficient (Wildman–Crippen LogP) is 4.01. The van der Waals surface area contributed by atoms with Crippen LogP contribution in [0.5, 0.6) is 0 Å². The first kappa shape index (κ1) is 13.5. The van der Waals surface area contributed by atoms with E-state index in [2.05, 4.69) is 6.92 Å². The zero-order valence-corrected chi connectivity index (χ0v) is 11.4. The van der Waals surface area contributed by atoms with Gasteiger partial charge >= 0.3 is 0 Å². The molecule has 1 aromatic rings. The monoisotopic (exact) mass is 250 g/mol. The lowest BCUT2D eigenvalue weighted by atomic mass is 9.70. The molecule has 1 nitrogen and oxygen atoms in total. The molecule has 0 radical (unpaired) electrons. The number of rotatable bonds is 3. The molecule has 1 atom stereocenters. The number of halogens is 1. The van der Waals surface area contributed by atoms with Crippen molar-refractivity contribution in [3.8, 4) is 0 Å². The Morgan fingerprint density at radius 1 is 1.28 bits per heavy atom. The first-order chi connectivity index (χ1) is 8.51. The van der Waals surface area contributed by atoms with Crippen molar-refractivity contribution in [1.29, 1.82) is 0 Å². The second-order valence-corrected chi connectivity index (χ2v) is 6.01. The molecule has 0 heterocycles. The molecular weight excluding hydrogens is 227 g/mol. The SMILES string of the molecule is Cc1cc(F)ccc1CC(O)C1(C)CCCCC1. The molecule has 1 aromatic carbocycles. The minimum atomic E-state index is -0.318. The quantitative estimate of drug-likeness (QED) is 0.859. The second kappa shape index (κ2) is 5.40. The minimum absolute atomic E-state index is 0.0408. The van der Waals surface area contributed by atoms with Gasteiger partial charge in [0.1, 0.15) is 5.82 Å². The van der Waals surface area contributed by atoms with Crippen molar-refractivity contribution in [1.82, 2.24) is 0 Å². The van der Waals surface area contributed by atoms with E-state index in [0.29, 0.717) is 6.42 Å². The number of benzene rings is 1. The van der Waals surface area contributed by atoms with Crippen molar-refractivity contribution < 1.29 is 9.50 Å². The lowest BCUT2D eigenvalue weighted by Gasteiger charge is -2.38. The average molecular weight is 250 g/mol. The number of hydrogen-bond donors (Lipinski definition) is 1. The summed E-state index contributed by atoms with van der Waals surface area (Å²) in [6, 6.07) is 4.84. The van der Waals surface area contributed by atoms with Gasteiger partial charge in [0.15, 0.2) is 0 Å². The summed E-state index contributed by atoms with van der Waals surface area (Å²) in [5, 5.41) is 10.5. The van der Waals surface area contributed by atoms with E-state index in [-0.39, 0.29) is 17.3 Å². The van der Waals surface area contributed by atoms with Crippen LogP contribution in [0, 0.1) is 18.2 Å². The van der Waals surface area contributed by atoms with Crippen molar-refractivity contribution >= 4 is 0 Å². The molecule has 0 aliphatic heterocycles. The van der Waals surface area contributed by atoms with E-state index in [0.717, 1.165) is 24.0 Å². The molecule has 2 rings (SSSR count). The van der Waals surface area contributed by atoms with Crippen molar-refractivity contribution in [3.63, 3.8) is 0 Å². The summed E-state index contributed by atoms with van der Waals surface area (Å²) in [7, 11) is 0. The summed E-state index contributed by atoms with van der Waals surface area (Å²) in [4.78, 5) is 0. The topological polar surface area (TPSA) is 20.2 Å². The van der Waals surface area contributed by atoms with Gasteiger partial charge in [-0.2, -0.15) is 0 Å². The van der Waals surface area contributed by atoms with Gasteiger partial charge in [-0.15, -0.1) is 0 Å². The Labute approximate surface area is 109 Å². The molecule has 0 amide bonds. The molecule has 0 bridgehead atoms. The number of aryl methyl sites for hydroxylation is 1. The van der Waals surface area contributed by atoms with Gasteiger partial charge in [0.05, 0.1) is 6.10 Å². The first-order valence-electron chi connectivity index (χ1n) is 6.94. The third-order valence-electron chi connectivity index (χ3n) is 4.52. The molecule has 1 fully saturated rings. The number of hydrogen-bond acceptors (Lipinski definition) is 1. The maximum atomic E-state index is 13.1. The van der Waals surface area contributed by atoms with Crippen LogP contribution < -0.4 is 0 Å². The molecule has 18 heavy (non-hydrogen) atoms. The number of aliphatic hydroxyl groups excluding tert-OH is 1. The fourth-order valence-corrected chi connectivity index (χ4v) is 3.04. The largest absolute Gasteiger partial charge is 0.392 e. The van der Waals surface area contributed by atoms with Crippen LogP contribution in [0.15, 0.2) is 18.2 Å². The maximum Gasteiger partial charge on any atom is 0.123 e. The summed E-state index contributed by atoms with van der Waals surface area (Å²) in [6.07, 6.45) is 6.26. The highest BCUT2D eigenvalue weighted by Gasteiger charge is 2.34. The van der Waals surface area contributed by atoms with Gasteiger partial charge in [-0.05, 0) is 54.9 Å². The fraction of sp³-hybridized carbons (Fsp3) is 0.625. The van der Waals surface area contributed by atoms with Gasteiger partial charge in [0.25, 0.3) is 0 Å². The van der Waals surface area contributed by atoms with Crippen LogP contribution >= 0.6 is 0 Å². The molecule has 1 saturated carbocycles. The Hall–Kier alpha value is -0.890. The lowest BCUT2D eigenvalue weighted by molar-refractivity contribution is 0.0103. The van der Waals surface area contributed by atoms with Crippen LogP contribution in [0.1, 0.15) is 50.2 Å². The molecule has 1 N–H and O–H groups in total. The van der Waals surface area contributed by atoms with Crippen molar-refractivity contribution in [2.24, 2.45) is 5.41 Å². The van der Waals surface area contributed by atoms with Gasteiger partial charge in [-0.3, -0.25) is 0 Å². The summed E-state index contributed by atoms with van der Waals surface area (Å²) < 4.78 is 13.1. The van der Waals surface area contributed by atoms with Gasteiger partial charge < -0.3 is 5.11 Å². The first-order valence-corrected chi connectivity index (χ1v) is 6.94. The molecule has 1 aliphatic carbocycles. The summed E-state index contributed by atoms with van der Waals surface area (Å²) in [5.74, 6) is -0.199. The van der Waals surface area contributed by atoms with Gasteiger partial charge in [-0.25, -0.2) is 4.39 Å². The molecule has 2 heteroatoms. The van der Waals surface area contributed by atoms with E-state index in [1.807, 2.05) is 6.92 Å². The van der Waals surface area contributed by atoms with E-state index < -0.39 is 0 Å². The Bertz CT molecular complexity index is 408. The standard InChI is InChI=1S/C16H23FO/c1-12-10-14(17)7-6-13(12)11-15(18)16(2)8-4-3-5-9-16/h6-7,10,15,18H,3-5,8-9,11H2,1-2H3. The smallest absolute Gasteiger partial charge is 0.123 e. The average Bonchev–Trinajstić information content (AvgIpc) is 2.33. The molecule has 0 saturated heterocycles. The molecule has 0 spiro atoms. The van der Waals surface area contributed by atoms with Gasteiger partial charge in [0.2, 0.25) is 0 Å². The Morgan fingerprint density at radius 3 is 2.56 bits per heavy atom. The lowest BCUT2D eigenvalue weighted by Crippen LogP contribution is -2.36. The number of aliphatic hydroxyl groups is 1. The Kier molecular flexibility index (Phi) is 4.06. The zero-order chi connectivity index (χ0) is 13.2. The molecule has 1 aliphatic rings. The minimum Gasteiger partial charge on any atom is -0.392 e. The third-order valence-corrected chi connectivity index (χ3v) is 4.52. The maximum absolute atomic E-state index is 13.1. The fourth-order valence-electron chi connectivity index (χ4n) is 3.04. The highest BCUT2D eigenvalue weighted by Crippen LogP contribution is 2.40. The Balaban J connectivity index is 2.08.